The van der Waals surface area contributed by atoms with Crippen molar-refractivity contribution in [2.75, 3.05) is 6.54 Å². The largest absolute Gasteiger partial charge is 0.310 e. The Morgan fingerprint density at radius 1 is 1.19 bits per heavy atom. The van der Waals surface area contributed by atoms with E-state index in [2.05, 4.69) is 35.2 Å². The molecule has 1 N–H and O–H groups in total. The van der Waals surface area contributed by atoms with Crippen LogP contribution >= 0.6 is 23.4 Å². The second kappa shape index (κ2) is 7.25. The second-order valence-corrected chi connectivity index (χ2v) is 6.42. The van der Waals surface area contributed by atoms with Gasteiger partial charge in [-0.15, -0.1) is 0 Å². The summed E-state index contributed by atoms with van der Waals surface area (Å²) in [7, 11) is 0. The van der Waals surface area contributed by atoms with Crippen molar-refractivity contribution in [3.63, 3.8) is 0 Å². The molecular formula is C16H20ClN3S. The number of nitrogens with zero attached hydrogens (tertiary/aromatic N) is 2. The zero-order valence-corrected chi connectivity index (χ0v) is 14.3. The third-order valence-corrected chi connectivity index (χ3v) is 4.50. The molecule has 1 aromatic heterocycles. The van der Waals surface area contributed by atoms with Crippen LogP contribution in [0.25, 0.3) is 0 Å². The minimum atomic E-state index is 0.295. The second-order valence-electron chi connectivity index (χ2n) is 5.00. The van der Waals surface area contributed by atoms with Crippen molar-refractivity contribution in [3.8, 4) is 0 Å². The highest BCUT2D eigenvalue weighted by Gasteiger charge is 2.10. The van der Waals surface area contributed by atoms with Gasteiger partial charge in [0.25, 0.3) is 0 Å². The molecule has 5 heteroatoms. The van der Waals surface area contributed by atoms with Crippen LogP contribution in [0.15, 0.2) is 34.3 Å². The minimum absolute atomic E-state index is 0.295. The molecule has 1 unspecified atom stereocenters. The maximum atomic E-state index is 6.40. The van der Waals surface area contributed by atoms with Crippen LogP contribution in [0.5, 0.6) is 0 Å². The summed E-state index contributed by atoms with van der Waals surface area (Å²) in [5, 5.41) is 4.86. The van der Waals surface area contributed by atoms with Gasteiger partial charge in [0, 0.05) is 22.3 Å². The van der Waals surface area contributed by atoms with Gasteiger partial charge in [0.1, 0.15) is 0 Å². The van der Waals surface area contributed by atoms with Crippen molar-refractivity contribution < 1.29 is 0 Å². The van der Waals surface area contributed by atoms with Crippen molar-refractivity contribution >= 4 is 23.4 Å². The SMILES string of the molecule is CCNC(C)c1ccc(Sc2nc(C)cc(C)n2)c(Cl)c1. The lowest BCUT2D eigenvalue weighted by molar-refractivity contribution is 0.598. The highest BCUT2D eigenvalue weighted by Crippen LogP contribution is 2.33. The molecule has 0 radical (unpaired) electrons. The summed E-state index contributed by atoms with van der Waals surface area (Å²) >= 11 is 7.90. The Morgan fingerprint density at radius 2 is 1.86 bits per heavy atom. The predicted molar refractivity (Wildman–Crippen MR) is 89.2 cm³/mol. The molecular weight excluding hydrogens is 302 g/mol. The average molecular weight is 322 g/mol. The number of hydrogen-bond acceptors (Lipinski definition) is 4. The van der Waals surface area contributed by atoms with Gasteiger partial charge in [-0.05, 0) is 62.8 Å². The Labute approximate surface area is 135 Å². The number of halogens is 1. The zero-order valence-electron chi connectivity index (χ0n) is 12.8. The molecule has 1 atom stereocenters. The van der Waals surface area contributed by atoms with Gasteiger partial charge >= 0.3 is 0 Å². The molecule has 0 saturated heterocycles. The summed E-state index contributed by atoms with van der Waals surface area (Å²) in [6.07, 6.45) is 0. The first-order chi connectivity index (χ1) is 9.99. The number of rotatable bonds is 5. The van der Waals surface area contributed by atoms with E-state index in [1.54, 1.807) is 0 Å². The molecule has 1 heterocycles. The van der Waals surface area contributed by atoms with Gasteiger partial charge in [0.15, 0.2) is 5.16 Å². The number of aromatic nitrogens is 2. The monoisotopic (exact) mass is 321 g/mol. The fraction of sp³-hybridized carbons (Fsp3) is 0.375. The van der Waals surface area contributed by atoms with Crippen molar-refractivity contribution in [2.24, 2.45) is 0 Å². The first-order valence-corrected chi connectivity index (χ1v) is 8.22. The van der Waals surface area contributed by atoms with E-state index in [-0.39, 0.29) is 0 Å². The standard InChI is InChI=1S/C16H20ClN3S/c1-5-18-12(4)13-6-7-15(14(17)9-13)21-16-19-10(2)8-11(3)20-16/h6-9,12,18H,5H2,1-4H3. The fourth-order valence-electron chi connectivity index (χ4n) is 2.13. The summed E-state index contributed by atoms with van der Waals surface area (Å²) in [6.45, 7) is 9.11. The van der Waals surface area contributed by atoms with Gasteiger partial charge in [0.05, 0.1) is 5.02 Å². The third kappa shape index (κ3) is 4.43. The lowest BCUT2D eigenvalue weighted by Crippen LogP contribution is -2.17. The highest BCUT2D eigenvalue weighted by atomic mass is 35.5. The first kappa shape index (κ1) is 16.3. The van der Waals surface area contributed by atoms with Crippen molar-refractivity contribution in [1.82, 2.24) is 15.3 Å². The molecule has 3 nitrogen and oxygen atoms in total. The van der Waals surface area contributed by atoms with Crippen LogP contribution in [0.2, 0.25) is 5.02 Å². The lowest BCUT2D eigenvalue weighted by atomic mass is 10.1. The molecule has 1 aromatic carbocycles. The van der Waals surface area contributed by atoms with Crippen LogP contribution < -0.4 is 5.32 Å². The highest BCUT2D eigenvalue weighted by molar-refractivity contribution is 7.99. The average Bonchev–Trinajstić information content (AvgIpc) is 2.40. The Kier molecular flexibility index (Phi) is 5.62. The van der Waals surface area contributed by atoms with Crippen molar-refractivity contribution in [1.29, 1.82) is 0 Å². The van der Waals surface area contributed by atoms with Gasteiger partial charge < -0.3 is 5.32 Å². The Hall–Kier alpha value is -1.10. The van der Waals surface area contributed by atoms with Gasteiger partial charge in [-0.25, -0.2) is 9.97 Å². The molecule has 112 valence electrons. The molecule has 0 fully saturated rings. The molecule has 0 saturated carbocycles. The smallest absolute Gasteiger partial charge is 0.192 e. The van der Waals surface area contributed by atoms with Gasteiger partial charge in [0.2, 0.25) is 0 Å². The normalized spacial score (nSPS) is 12.4. The van der Waals surface area contributed by atoms with E-state index in [1.165, 1.54) is 17.3 Å². The summed E-state index contributed by atoms with van der Waals surface area (Å²) in [5.74, 6) is 0. The Bertz CT molecular complexity index is 611. The van der Waals surface area contributed by atoms with Crippen LogP contribution in [0.1, 0.15) is 36.8 Å². The van der Waals surface area contributed by atoms with E-state index in [0.717, 1.165) is 33.0 Å². The molecule has 0 amide bonds. The molecule has 0 aliphatic rings. The van der Waals surface area contributed by atoms with Gasteiger partial charge in [-0.2, -0.15) is 0 Å². The minimum Gasteiger partial charge on any atom is -0.310 e. The fourth-order valence-corrected chi connectivity index (χ4v) is 3.30. The molecule has 0 aliphatic heterocycles. The maximum Gasteiger partial charge on any atom is 0.192 e. The lowest BCUT2D eigenvalue weighted by Gasteiger charge is -2.14. The van der Waals surface area contributed by atoms with Gasteiger partial charge in [-0.3, -0.25) is 0 Å². The molecule has 2 aromatic rings. The molecule has 21 heavy (non-hydrogen) atoms. The Balaban J connectivity index is 2.21. The van der Waals surface area contributed by atoms with E-state index in [1.807, 2.05) is 32.0 Å². The molecule has 0 spiro atoms. The van der Waals surface area contributed by atoms with Crippen LogP contribution in [-0.4, -0.2) is 16.5 Å². The van der Waals surface area contributed by atoms with Crippen LogP contribution in [0, 0.1) is 13.8 Å². The van der Waals surface area contributed by atoms with E-state index in [0.29, 0.717) is 6.04 Å². The number of benzene rings is 1. The van der Waals surface area contributed by atoms with Crippen molar-refractivity contribution in [3.05, 3.63) is 46.2 Å². The molecule has 2 rings (SSSR count). The van der Waals surface area contributed by atoms with Crippen LogP contribution in [0.3, 0.4) is 0 Å². The van der Waals surface area contributed by atoms with Crippen LogP contribution in [-0.2, 0) is 0 Å². The number of hydrogen-bond donors (Lipinski definition) is 1. The summed E-state index contributed by atoms with van der Waals surface area (Å²) < 4.78 is 0. The van der Waals surface area contributed by atoms with E-state index in [4.69, 9.17) is 11.6 Å². The van der Waals surface area contributed by atoms with Crippen molar-refractivity contribution in [2.45, 2.75) is 43.8 Å². The number of nitrogens with one attached hydrogen (secondary N) is 1. The van der Waals surface area contributed by atoms with E-state index in [9.17, 15) is 0 Å². The van der Waals surface area contributed by atoms with E-state index >= 15 is 0 Å². The third-order valence-electron chi connectivity index (χ3n) is 3.13. The quantitative estimate of drug-likeness (QED) is 0.819. The summed E-state index contributed by atoms with van der Waals surface area (Å²) in [6, 6.07) is 8.41. The summed E-state index contributed by atoms with van der Waals surface area (Å²) in [4.78, 5) is 9.86. The maximum absolute atomic E-state index is 6.40. The first-order valence-electron chi connectivity index (χ1n) is 7.02. The Morgan fingerprint density at radius 3 is 2.43 bits per heavy atom. The van der Waals surface area contributed by atoms with Crippen LogP contribution in [0.4, 0.5) is 0 Å². The molecule has 0 aliphatic carbocycles. The molecule has 0 bridgehead atoms. The predicted octanol–water partition coefficient (Wildman–Crippen LogP) is 4.57. The topological polar surface area (TPSA) is 37.8 Å². The number of aryl methyl sites for hydroxylation is 2. The zero-order chi connectivity index (χ0) is 15.4. The van der Waals surface area contributed by atoms with Gasteiger partial charge in [-0.1, -0.05) is 24.6 Å². The van der Waals surface area contributed by atoms with E-state index < -0.39 is 0 Å². The summed E-state index contributed by atoms with van der Waals surface area (Å²) in [5.41, 5.74) is 3.13.